The van der Waals surface area contributed by atoms with Crippen LogP contribution in [-0.2, 0) is 16.6 Å². The lowest BCUT2D eigenvalue weighted by atomic mass is 9.87. The van der Waals surface area contributed by atoms with Crippen LogP contribution in [-0.4, -0.2) is 11.9 Å². The number of carbonyl (C=O) groups excluding carboxylic acids is 1. The first-order valence-corrected chi connectivity index (χ1v) is 5.81. The summed E-state index contributed by atoms with van der Waals surface area (Å²) in [7, 11) is 0. The first-order valence-electron chi connectivity index (χ1n) is 5.81. The number of fused-ring (bicyclic) bond motifs is 1. The summed E-state index contributed by atoms with van der Waals surface area (Å²) in [5.41, 5.74) is 9.59. The van der Waals surface area contributed by atoms with E-state index in [2.05, 4.69) is 18.3 Å². The number of para-hydroxylation sites is 1. The maximum absolute atomic E-state index is 11.4. The molecule has 0 bridgehead atoms. The van der Waals surface area contributed by atoms with E-state index in [9.17, 15) is 4.79 Å². The van der Waals surface area contributed by atoms with Gasteiger partial charge >= 0.3 is 0 Å². The minimum Gasteiger partial charge on any atom is -0.327 e. The fourth-order valence-corrected chi connectivity index (χ4v) is 2.77. The standard InChI is InChI=1S/C13H16N2O/c1-8(14)13(5-6-13)10-4-2-3-9-7-11(16)15-12(9)10/h2-4,8H,5-7,14H2,1H3,(H,15,16). The highest BCUT2D eigenvalue weighted by molar-refractivity contribution is 6.00. The number of nitrogens with one attached hydrogen (secondary N) is 1. The lowest BCUT2D eigenvalue weighted by Gasteiger charge is -2.22. The monoisotopic (exact) mass is 216 g/mol. The highest BCUT2D eigenvalue weighted by atomic mass is 16.1. The van der Waals surface area contributed by atoms with Gasteiger partial charge in [-0.05, 0) is 30.9 Å². The molecule has 3 heteroatoms. The molecule has 1 aliphatic heterocycles. The average molecular weight is 216 g/mol. The van der Waals surface area contributed by atoms with Crippen molar-refractivity contribution < 1.29 is 4.79 Å². The second-order valence-corrected chi connectivity index (χ2v) is 5.01. The van der Waals surface area contributed by atoms with Crippen LogP contribution in [0.4, 0.5) is 5.69 Å². The van der Waals surface area contributed by atoms with Crippen LogP contribution in [0, 0.1) is 0 Å². The van der Waals surface area contributed by atoms with E-state index in [4.69, 9.17) is 5.73 Å². The van der Waals surface area contributed by atoms with Crippen molar-refractivity contribution in [1.82, 2.24) is 0 Å². The smallest absolute Gasteiger partial charge is 0.228 e. The summed E-state index contributed by atoms with van der Waals surface area (Å²) >= 11 is 0. The molecule has 84 valence electrons. The van der Waals surface area contributed by atoms with Crippen molar-refractivity contribution in [3.05, 3.63) is 29.3 Å². The zero-order chi connectivity index (χ0) is 11.3. The summed E-state index contributed by atoms with van der Waals surface area (Å²) in [4.78, 5) is 11.4. The number of amides is 1. The van der Waals surface area contributed by atoms with Crippen LogP contribution in [0.3, 0.4) is 0 Å². The van der Waals surface area contributed by atoms with Gasteiger partial charge in [0.2, 0.25) is 5.91 Å². The number of rotatable bonds is 2. The van der Waals surface area contributed by atoms with Crippen molar-refractivity contribution >= 4 is 11.6 Å². The van der Waals surface area contributed by atoms with E-state index in [0.717, 1.165) is 24.1 Å². The normalized spacial score (nSPS) is 22.5. The highest BCUT2D eigenvalue weighted by Crippen LogP contribution is 2.53. The molecule has 1 amide bonds. The molecule has 2 aliphatic rings. The van der Waals surface area contributed by atoms with Gasteiger partial charge in [-0.15, -0.1) is 0 Å². The van der Waals surface area contributed by atoms with Crippen LogP contribution in [0.25, 0.3) is 0 Å². The number of benzene rings is 1. The quantitative estimate of drug-likeness (QED) is 0.788. The van der Waals surface area contributed by atoms with E-state index in [1.165, 1.54) is 5.56 Å². The summed E-state index contributed by atoms with van der Waals surface area (Å²) in [6, 6.07) is 6.32. The molecule has 0 aromatic heterocycles. The average Bonchev–Trinajstić information content (AvgIpc) is 2.94. The molecule has 1 aromatic rings. The molecular formula is C13H16N2O. The largest absolute Gasteiger partial charge is 0.327 e. The number of carbonyl (C=O) groups is 1. The van der Waals surface area contributed by atoms with E-state index < -0.39 is 0 Å². The number of hydrogen-bond donors (Lipinski definition) is 2. The van der Waals surface area contributed by atoms with Gasteiger partial charge in [-0.25, -0.2) is 0 Å². The molecule has 16 heavy (non-hydrogen) atoms. The molecule has 3 N–H and O–H groups in total. The predicted molar refractivity (Wildman–Crippen MR) is 63.3 cm³/mol. The van der Waals surface area contributed by atoms with Crippen molar-refractivity contribution in [2.24, 2.45) is 5.73 Å². The van der Waals surface area contributed by atoms with Gasteiger partial charge in [0.1, 0.15) is 0 Å². The molecule has 3 rings (SSSR count). The fourth-order valence-electron chi connectivity index (χ4n) is 2.77. The van der Waals surface area contributed by atoms with E-state index in [-0.39, 0.29) is 17.4 Å². The molecule has 0 spiro atoms. The molecule has 0 radical (unpaired) electrons. The molecule has 1 heterocycles. The summed E-state index contributed by atoms with van der Waals surface area (Å²) in [5, 5.41) is 2.97. The molecule has 1 aliphatic carbocycles. The Morgan fingerprint density at radius 3 is 2.81 bits per heavy atom. The third-order valence-electron chi connectivity index (χ3n) is 3.96. The van der Waals surface area contributed by atoms with Crippen LogP contribution < -0.4 is 11.1 Å². The van der Waals surface area contributed by atoms with Crippen molar-refractivity contribution in [2.75, 3.05) is 5.32 Å². The van der Waals surface area contributed by atoms with Crippen molar-refractivity contribution in [1.29, 1.82) is 0 Å². The Labute approximate surface area is 95.0 Å². The highest BCUT2D eigenvalue weighted by Gasteiger charge is 2.49. The summed E-state index contributed by atoms with van der Waals surface area (Å²) in [6.45, 7) is 2.06. The van der Waals surface area contributed by atoms with Gasteiger partial charge in [-0.1, -0.05) is 18.2 Å². The zero-order valence-electron chi connectivity index (χ0n) is 9.42. The van der Waals surface area contributed by atoms with Crippen molar-refractivity contribution in [3.63, 3.8) is 0 Å². The number of anilines is 1. The summed E-state index contributed by atoms with van der Waals surface area (Å²) in [5.74, 6) is 0.0999. The summed E-state index contributed by atoms with van der Waals surface area (Å²) < 4.78 is 0. The maximum atomic E-state index is 11.4. The third-order valence-corrected chi connectivity index (χ3v) is 3.96. The lowest BCUT2D eigenvalue weighted by molar-refractivity contribution is -0.115. The van der Waals surface area contributed by atoms with Crippen LogP contribution in [0.1, 0.15) is 30.9 Å². The van der Waals surface area contributed by atoms with Crippen LogP contribution in [0.15, 0.2) is 18.2 Å². The van der Waals surface area contributed by atoms with E-state index >= 15 is 0 Å². The van der Waals surface area contributed by atoms with Crippen LogP contribution in [0.5, 0.6) is 0 Å². The molecule has 0 saturated heterocycles. The Bertz CT molecular complexity index is 461. The number of hydrogen-bond acceptors (Lipinski definition) is 2. The molecule has 1 unspecified atom stereocenters. The Morgan fingerprint density at radius 2 is 2.19 bits per heavy atom. The molecule has 1 atom stereocenters. The minimum atomic E-state index is 0.0999. The van der Waals surface area contributed by atoms with Gasteiger partial charge in [-0.3, -0.25) is 4.79 Å². The molecule has 1 saturated carbocycles. The van der Waals surface area contributed by atoms with Gasteiger partial charge in [0.05, 0.1) is 6.42 Å². The van der Waals surface area contributed by atoms with Crippen LogP contribution in [0.2, 0.25) is 0 Å². The molecular weight excluding hydrogens is 200 g/mol. The second kappa shape index (κ2) is 3.08. The topological polar surface area (TPSA) is 55.1 Å². The molecule has 3 nitrogen and oxygen atoms in total. The van der Waals surface area contributed by atoms with Gasteiger partial charge in [0, 0.05) is 17.1 Å². The zero-order valence-corrected chi connectivity index (χ0v) is 9.42. The van der Waals surface area contributed by atoms with E-state index in [1.807, 2.05) is 12.1 Å². The van der Waals surface area contributed by atoms with Crippen LogP contribution >= 0.6 is 0 Å². The van der Waals surface area contributed by atoms with Gasteiger partial charge < -0.3 is 11.1 Å². The SMILES string of the molecule is CC(N)C1(c2cccc3c2NC(=O)C3)CC1. The lowest BCUT2D eigenvalue weighted by Crippen LogP contribution is -2.32. The summed E-state index contributed by atoms with van der Waals surface area (Å²) in [6.07, 6.45) is 2.78. The first kappa shape index (κ1) is 9.85. The Hall–Kier alpha value is -1.35. The molecule has 1 fully saturated rings. The van der Waals surface area contributed by atoms with Gasteiger partial charge in [-0.2, -0.15) is 0 Å². The minimum absolute atomic E-state index is 0.0999. The Kier molecular flexibility index (Phi) is 1.89. The molecule has 1 aromatic carbocycles. The Morgan fingerprint density at radius 1 is 1.44 bits per heavy atom. The number of nitrogens with two attached hydrogens (primary N) is 1. The third kappa shape index (κ3) is 1.21. The van der Waals surface area contributed by atoms with Crippen molar-refractivity contribution in [2.45, 2.75) is 37.6 Å². The Balaban J connectivity index is 2.10. The maximum Gasteiger partial charge on any atom is 0.228 e. The second-order valence-electron chi connectivity index (χ2n) is 5.01. The van der Waals surface area contributed by atoms with E-state index in [0.29, 0.717) is 6.42 Å². The van der Waals surface area contributed by atoms with Gasteiger partial charge in [0.15, 0.2) is 0 Å². The fraction of sp³-hybridized carbons (Fsp3) is 0.462. The van der Waals surface area contributed by atoms with E-state index in [1.54, 1.807) is 0 Å². The van der Waals surface area contributed by atoms with Crippen molar-refractivity contribution in [3.8, 4) is 0 Å². The van der Waals surface area contributed by atoms with Gasteiger partial charge in [0.25, 0.3) is 0 Å². The predicted octanol–water partition coefficient (Wildman–Crippen LogP) is 1.56. The first-order chi connectivity index (χ1) is 7.63.